The number of likely N-dealkylation sites (N-methyl/N-ethyl adjacent to an activating group) is 1. The summed E-state index contributed by atoms with van der Waals surface area (Å²) in [6.07, 6.45) is 0. The molecule has 126 valence electrons. The van der Waals surface area contributed by atoms with Gasteiger partial charge in [-0.3, -0.25) is 4.79 Å². The van der Waals surface area contributed by atoms with E-state index in [1.54, 1.807) is 0 Å². The highest BCUT2D eigenvalue weighted by molar-refractivity contribution is 6.31. The van der Waals surface area contributed by atoms with Crippen molar-refractivity contribution < 1.29 is 19.2 Å². The standard InChI is InChI=1S/C18H19ClN2O3/c1-12-14(19)4-3-5-15(12)20-18(22)10-21(2)9-13-6-7-16-17(8-13)24-11-23-16/h3-8H,9-11H2,1-2H3,(H,20,22)/p+1. The number of anilines is 1. The lowest BCUT2D eigenvalue weighted by Crippen LogP contribution is -3.08. The molecule has 1 aliphatic heterocycles. The first kappa shape index (κ1) is 16.6. The van der Waals surface area contributed by atoms with Crippen LogP contribution in [0.2, 0.25) is 5.02 Å². The first-order chi connectivity index (χ1) is 11.5. The first-order valence-corrected chi connectivity index (χ1v) is 8.15. The number of hydrogen-bond donors (Lipinski definition) is 2. The predicted molar refractivity (Wildman–Crippen MR) is 92.8 cm³/mol. The Morgan fingerprint density at radius 2 is 2.04 bits per heavy atom. The minimum atomic E-state index is -0.0430. The molecule has 3 rings (SSSR count). The summed E-state index contributed by atoms with van der Waals surface area (Å²) in [7, 11) is 1.98. The molecular weight excluding hydrogens is 328 g/mol. The van der Waals surface area contributed by atoms with Gasteiger partial charge in [0.2, 0.25) is 6.79 Å². The molecule has 1 aliphatic rings. The monoisotopic (exact) mass is 347 g/mol. The van der Waals surface area contributed by atoms with Crippen LogP contribution in [0.15, 0.2) is 36.4 Å². The van der Waals surface area contributed by atoms with Crippen molar-refractivity contribution in [2.45, 2.75) is 13.5 Å². The predicted octanol–water partition coefficient (Wildman–Crippen LogP) is 2.03. The number of rotatable bonds is 5. The van der Waals surface area contributed by atoms with E-state index in [1.165, 1.54) is 0 Å². The summed E-state index contributed by atoms with van der Waals surface area (Å²) in [6.45, 7) is 3.24. The van der Waals surface area contributed by atoms with Gasteiger partial charge in [-0.1, -0.05) is 17.7 Å². The molecule has 0 aliphatic carbocycles. The number of nitrogens with one attached hydrogen (secondary N) is 2. The number of benzene rings is 2. The van der Waals surface area contributed by atoms with Gasteiger partial charge in [0.1, 0.15) is 6.54 Å². The fourth-order valence-corrected chi connectivity index (χ4v) is 2.85. The van der Waals surface area contributed by atoms with Crippen molar-refractivity contribution in [2.75, 3.05) is 25.7 Å². The van der Waals surface area contributed by atoms with Crippen LogP contribution in [0.5, 0.6) is 11.5 Å². The Morgan fingerprint density at radius 1 is 1.25 bits per heavy atom. The zero-order chi connectivity index (χ0) is 17.1. The normalized spacial score (nSPS) is 13.6. The Balaban J connectivity index is 1.57. The average molecular weight is 348 g/mol. The largest absolute Gasteiger partial charge is 0.454 e. The molecule has 1 unspecified atom stereocenters. The number of hydrogen-bond acceptors (Lipinski definition) is 3. The van der Waals surface area contributed by atoms with E-state index >= 15 is 0 Å². The maximum absolute atomic E-state index is 12.2. The number of ether oxygens (including phenoxy) is 2. The number of fused-ring (bicyclic) bond motifs is 1. The molecule has 2 aromatic rings. The van der Waals surface area contributed by atoms with Crippen LogP contribution in [-0.2, 0) is 11.3 Å². The maximum atomic E-state index is 12.2. The second kappa shape index (κ2) is 7.11. The van der Waals surface area contributed by atoms with Gasteiger partial charge >= 0.3 is 0 Å². The van der Waals surface area contributed by atoms with Gasteiger partial charge in [-0.05, 0) is 42.8 Å². The highest BCUT2D eigenvalue weighted by atomic mass is 35.5. The minimum Gasteiger partial charge on any atom is -0.454 e. The van der Waals surface area contributed by atoms with Crippen molar-refractivity contribution in [1.29, 1.82) is 0 Å². The molecule has 0 bridgehead atoms. The van der Waals surface area contributed by atoms with Gasteiger partial charge < -0.3 is 19.7 Å². The Bertz CT molecular complexity index is 764. The summed E-state index contributed by atoms with van der Waals surface area (Å²) in [6, 6.07) is 11.4. The maximum Gasteiger partial charge on any atom is 0.279 e. The van der Waals surface area contributed by atoms with E-state index in [9.17, 15) is 4.79 Å². The van der Waals surface area contributed by atoms with E-state index in [1.807, 2.05) is 50.4 Å². The van der Waals surface area contributed by atoms with E-state index in [-0.39, 0.29) is 12.7 Å². The lowest BCUT2D eigenvalue weighted by atomic mass is 10.2. The van der Waals surface area contributed by atoms with Gasteiger partial charge in [0.15, 0.2) is 18.0 Å². The molecule has 24 heavy (non-hydrogen) atoms. The smallest absolute Gasteiger partial charge is 0.279 e. The van der Waals surface area contributed by atoms with Crippen LogP contribution in [0, 0.1) is 6.92 Å². The van der Waals surface area contributed by atoms with Crippen molar-refractivity contribution in [2.24, 2.45) is 0 Å². The molecule has 0 fully saturated rings. The third kappa shape index (κ3) is 3.80. The van der Waals surface area contributed by atoms with Crippen LogP contribution in [0.4, 0.5) is 5.69 Å². The Labute approximate surface area is 146 Å². The molecule has 1 atom stereocenters. The lowest BCUT2D eigenvalue weighted by Gasteiger charge is -2.15. The molecule has 0 spiro atoms. The Kier molecular flexibility index (Phi) is 4.92. The number of carbonyl (C=O) groups excluding carboxylic acids is 1. The molecule has 5 nitrogen and oxygen atoms in total. The summed E-state index contributed by atoms with van der Waals surface area (Å²) in [5, 5.41) is 3.57. The summed E-state index contributed by atoms with van der Waals surface area (Å²) >= 11 is 6.08. The van der Waals surface area contributed by atoms with Crippen LogP contribution in [0.1, 0.15) is 11.1 Å². The summed E-state index contributed by atoms with van der Waals surface area (Å²) in [4.78, 5) is 13.3. The summed E-state index contributed by atoms with van der Waals surface area (Å²) < 4.78 is 10.7. The number of halogens is 1. The highest BCUT2D eigenvalue weighted by Crippen LogP contribution is 2.32. The van der Waals surface area contributed by atoms with Crippen molar-refractivity contribution >= 4 is 23.2 Å². The van der Waals surface area contributed by atoms with Gasteiger partial charge in [-0.15, -0.1) is 0 Å². The van der Waals surface area contributed by atoms with Crippen LogP contribution >= 0.6 is 11.6 Å². The first-order valence-electron chi connectivity index (χ1n) is 7.77. The fraction of sp³-hybridized carbons (Fsp3) is 0.278. The second-order valence-corrected chi connectivity index (χ2v) is 6.37. The molecule has 6 heteroatoms. The molecule has 0 saturated heterocycles. The highest BCUT2D eigenvalue weighted by Gasteiger charge is 2.16. The van der Waals surface area contributed by atoms with Crippen molar-refractivity contribution in [3.8, 4) is 11.5 Å². The van der Waals surface area contributed by atoms with Crippen LogP contribution in [-0.4, -0.2) is 26.3 Å². The molecule has 1 heterocycles. The topological polar surface area (TPSA) is 52.0 Å². The van der Waals surface area contributed by atoms with Gasteiger partial charge in [0.25, 0.3) is 5.91 Å². The van der Waals surface area contributed by atoms with Crippen LogP contribution in [0.25, 0.3) is 0 Å². The Morgan fingerprint density at radius 3 is 2.88 bits per heavy atom. The summed E-state index contributed by atoms with van der Waals surface area (Å²) in [5.74, 6) is 1.49. The fourth-order valence-electron chi connectivity index (χ4n) is 2.67. The van der Waals surface area contributed by atoms with E-state index in [2.05, 4.69) is 5.32 Å². The molecule has 2 N–H and O–H groups in total. The molecule has 2 aromatic carbocycles. The van der Waals surface area contributed by atoms with E-state index in [0.29, 0.717) is 11.6 Å². The zero-order valence-corrected chi connectivity index (χ0v) is 14.4. The quantitative estimate of drug-likeness (QED) is 0.870. The molecule has 0 aromatic heterocycles. The SMILES string of the molecule is Cc1c(Cl)cccc1NC(=O)C[NH+](C)Cc1ccc2c(c1)OCO2. The number of quaternary nitrogens is 1. The summed E-state index contributed by atoms with van der Waals surface area (Å²) in [5.41, 5.74) is 2.73. The minimum absolute atomic E-state index is 0.0430. The van der Waals surface area contributed by atoms with Gasteiger partial charge in [-0.2, -0.15) is 0 Å². The van der Waals surface area contributed by atoms with Gasteiger partial charge in [-0.25, -0.2) is 0 Å². The molecule has 0 saturated carbocycles. The van der Waals surface area contributed by atoms with Crippen molar-refractivity contribution in [3.05, 3.63) is 52.5 Å². The molecular formula is C18H20ClN2O3+. The van der Waals surface area contributed by atoms with Crippen molar-refractivity contribution in [3.63, 3.8) is 0 Å². The van der Waals surface area contributed by atoms with Gasteiger partial charge in [0, 0.05) is 16.3 Å². The van der Waals surface area contributed by atoms with Crippen LogP contribution in [0.3, 0.4) is 0 Å². The van der Waals surface area contributed by atoms with E-state index < -0.39 is 0 Å². The zero-order valence-electron chi connectivity index (χ0n) is 13.7. The third-order valence-corrected chi connectivity index (χ3v) is 4.36. The third-order valence-electron chi connectivity index (χ3n) is 3.95. The van der Waals surface area contributed by atoms with Crippen molar-refractivity contribution in [1.82, 2.24) is 0 Å². The second-order valence-electron chi connectivity index (χ2n) is 5.96. The molecule has 1 amide bonds. The number of carbonyl (C=O) groups is 1. The van der Waals surface area contributed by atoms with E-state index in [4.69, 9.17) is 21.1 Å². The Hall–Kier alpha value is -2.24. The molecule has 0 radical (unpaired) electrons. The lowest BCUT2D eigenvalue weighted by molar-refractivity contribution is -0.885. The number of amides is 1. The van der Waals surface area contributed by atoms with Crippen LogP contribution < -0.4 is 19.7 Å². The van der Waals surface area contributed by atoms with Gasteiger partial charge in [0.05, 0.1) is 7.05 Å². The average Bonchev–Trinajstić information content (AvgIpc) is 2.99. The van der Waals surface area contributed by atoms with E-state index in [0.717, 1.165) is 39.8 Å².